The maximum Gasteiger partial charge on any atom is 0.435 e. The zero-order valence-corrected chi connectivity index (χ0v) is 9.82. The molecule has 0 radical (unpaired) electrons. The Hall–Kier alpha value is -1.04. The van der Waals surface area contributed by atoms with Crippen LogP contribution in [0.15, 0.2) is 6.07 Å². The summed E-state index contributed by atoms with van der Waals surface area (Å²) in [5.74, 6) is 0.196. The highest BCUT2D eigenvalue weighted by atomic mass is 19.4. The van der Waals surface area contributed by atoms with Gasteiger partial charge in [0.25, 0.3) is 0 Å². The molecule has 0 amide bonds. The number of alkyl halides is 3. The van der Waals surface area contributed by atoms with Crippen LogP contribution in [0.4, 0.5) is 13.2 Å². The second-order valence-corrected chi connectivity index (χ2v) is 5.24. The molecule has 1 N–H and O–H groups in total. The highest BCUT2D eigenvalue weighted by Gasteiger charge is 2.40. The number of hydrogen-bond donors (Lipinski definition) is 1. The number of nitrogens with zero attached hydrogens (tertiary/aromatic N) is 2. The van der Waals surface area contributed by atoms with Crippen LogP contribution in [0, 0.1) is 0 Å². The average molecular weight is 260 g/mol. The van der Waals surface area contributed by atoms with Crippen LogP contribution in [-0.4, -0.2) is 21.0 Å². The first-order valence-corrected chi connectivity index (χ1v) is 6.31. The van der Waals surface area contributed by atoms with Gasteiger partial charge in [-0.3, -0.25) is 4.68 Å². The lowest BCUT2D eigenvalue weighted by molar-refractivity contribution is -0.141. The first-order chi connectivity index (χ1) is 8.47. The Bertz CT molecular complexity index is 451. The Balaban J connectivity index is 1.98. The largest absolute Gasteiger partial charge is 0.435 e. The molecule has 18 heavy (non-hydrogen) atoms. The van der Waals surface area contributed by atoms with Crippen molar-refractivity contribution in [3.63, 3.8) is 0 Å². The van der Waals surface area contributed by atoms with Crippen LogP contribution in [-0.2, 0) is 6.18 Å². The van der Waals surface area contributed by atoms with E-state index in [9.17, 15) is 18.3 Å². The van der Waals surface area contributed by atoms with Gasteiger partial charge in [-0.05, 0) is 38.2 Å². The number of rotatable bonds is 2. The van der Waals surface area contributed by atoms with Crippen LogP contribution in [0.2, 0.25) is 0 Å². The molecular formula is C12H15F3N2O. The Kier molecular flexibility index (Phi) is 2.66. The van der Waals surface area contributed by atoms with Crippen LogP contribution in [0.1, 0.15) is 55.5 Å². The van der Waals surface area contributed by atoms with Gasteiger partial charge in [-0.2, -0.15) is 18.3 Å². The third-order valence-corrected chi connectivity index (χ3v) is 3.81. The lowest BCUT2D eigenvalue weighted by atomic mass is 10.2. The molecule has 2 saturated carbocycles. The van der Waals surface area contributed by atoms with E-state index in [1.165, 1.54) is 4.68 Å². The van der Waals surface area contributed by atoms with Crippen molar-refractivity contribution in [2.45, 2.75) is 56.3 Å². The molecular weight excluding hydrogens is 245 g/mol. The molecule has 0 saturated heterocycles. The maximum atomic E-state index is 12.7. The summed E-state index contributed by atoms with van der Waals surface area (Å²) in [5.41, 5.74) is -0.184. The highest BCUT2D eigenvalue weighted by molar-refractivity contribution is 5.22. The van der Waals surface area contributed by atoms with Crippen LogP contribution in [0.25, 0.3) is 0 Å². The van der Waals surface area contributed by atoms with Crippen LogP contribution >= 0.6 is 0 Å². The summed E-state index contributed by atoms with van der Waals surface area (Å²) >= 11 is 0. The minimum Gasteiger partial charge on any atom is -0.391 e. The van der Waals surface area contributed by atoms with E-state index < -0.39 is 18.0 Å². The lowest BCUT2D eigenvalue weighted by Crippen LogP contribution is -2.21. The van der Waals surface area contributed by atoms with Gasteiger partial charge in [0.1, 0.15) is 0 Å². The molecule has 3 nitrogen and oxygen atoms in total. The van der Waals surface area contributed by atoms with E-state index in [1.54, 1.807) is 0 Å². The summed E-state index contributed by atoms with van der Waals surface area (Å²) in [5, 5.41) is 13.5. The zero-order chi connectivity index (χ0) is 12.9. The van der Waals surface area contributed by atoms with E-state index >= 15 is 0 Å². The van der Waals surface area contributed by atoms with Crippen molar-refractivity contribution >= 4 is 0 Å². The van der Waals surface area contributed by atoms with Crippen molar-refractivity contribution in [1.29, 1.82) is 0 Å². The Labute approximate surface area is 103 Å². The van der Waals surface area contributed by atoms with Crippen molar-refractivity contribution in [3.05, 3.63) is 17.5 Å². The fraction of sp³-hybridized carbons (Fsp3) is 0.750. The first-order valence-electron chi connectivity index (χ1n) is 6.31. The lowest BCUT2D eigenvalue weighted by Gasteiger charge is -2.18. The average Bonchev–Trinajstić information content (AvgIpc) is 2.87. The maximum absolute atomic E-state index is 12.7. The standard InChI is InChI=1S/C12H15F3N2O/c13-12(14,15)11-6-9(7-4-5-7)17(16-11)8-2-1-3-10(8)18/h6-8,10,18H,1-5H2/t8-,10-/m1/s1. The second-order valence-electron chi connectivity index (χ2n) is 5.24. The van der Waals surface area contributed by atoms with Gasteiger partial charge in [-0.15, -0.1) is 0 Å². The fourth-order valence-corrected chi connectivity index (χ4v) is 2.70. The van der Waals surface area contributed by atoms with Crippen molar-refractivity contribution in [2.75, 3.05) is 0 Å². The van der Waals surface area contributed by atoms with E-state index in [0.29, 0.717) is 18.5 Å². The van der Waals surface area contributed by atoms with Crippen LogP contribution < -0.4 is 0 Å². The molecule has 1 heterocycles. The minimum atomic E-state index is -4.40. The fourth-order valence-electron chi connectivity index (χ4n) is 2.70. The minimum absolute atomic E-state index is 0.196. The highest BCUT2D eigenvalue weighted by Crippen LogP contribution is 2.44. The molecule has 1 aromatic heterocycles. The summed E-state index contributed by atoms with van der Waals surface area (Å²) in [6.07, 6.45) is -0.924. The smallest absolute Gasteiger partial charge is 0.391 e. The van der Waals surface area contributed by atoms with Gasteiger partial charge in [-0.25, -0.2) is 0 Å². The van der Waals surface area contributed by atoms with E-state index in [0.717, 1.165) is 25.3 Å². The predicted molar refractivity (Wildman–Crippen MR) is 58.1 cm³/mol. The number of aromatic nitrogens is 2. The number of halogens is 3. The molecule has 0 unspecified atom stereocenters. The van der Waals surface area contributed by atoms with Gasteiger partial charge in [0, 0.05) is 11.6 Å². The zero-order valence-electron chi connectivity index (χ0n) is 9.82. The Morgan fingerprint density at radius 1 is 1.22 bits per heavy atom. The van der Waals surface area contributed by atoms with E-state index in [1.807, 2.05) is 0 Å². The van der Waals surface area contributed by atoms with E-state index in [2.05, 4.69) is 5.10 Å². The summed E-state index contributed by atoms with van der Waals surface area (Å²) in [6, 6.07) is 0.875. The van der Waals surface area contributed by atoms with Crippen molar-refractivity contribution < 1.29 is 18.3 Å². The third-order valence-electron chi connectivity index (χ3n) is 3.81. The molecule has 2 atom stereocenters. The molecule has 2 aliphatic rings. The van der Waals surface area contributed by atoms with Crippen LogP contribution in [0.5, 0.6) is 0 Å². The van der Waals surface area contributed by atoms with Crippen molar-refractivity contribution in [3.8, 4) is 0 Å². The molecule has 3 rings (SSSR count). The Morgan fingerprint density at radius 2 is 1.94 bits per heavy atom. The number of hydrogen-bond acceptors (Lipinski definition) is 2. The van der Waals surface area contributed by atoms with Gasteiger partial charge in [-0.1, -0.05) is 0 Å². The SMILES string of the molecule is O[C@@H]1CCC[C@H]1n1nc(C(F)(F)F)cc1C1CC1. The molecule has 1 aromatic rings. The van der Waals surface area contributed by atoms with E-state index in [4.69, 9.17) is 0 Å². The van der Waals surface area contributed by atoms with Gasteiger partial charge >= 0.3 is 6.18 Å². The molecule has 2 fully saturated rings. The van der Waals surface area contributed by atoms with Gasteiger partial charge in [0.05, 0.1) is 12.1 Å². The molecule has 0 bridgehead atoms. The summed E-state index contributed by atoms with van der Waals surface area (Å²) in [4.78, 5) is 0. The molecule has 100 valence electrons. The summed E-state index contributed by atoms with van der Waals surface area (Å²) in [6.45, 7) is 0. The first kappa shape index (κ1) is 12.0. The third kappa shape index (κ3) is 2.02. The molecule has 2 aliphatic carbocycles. The molecule has 0 aromatic carbocycles. The number of aliphatic hydroxyl groups is 1. The Morgan fingerprint density at radius 3 is 2.44 bits per heavy atom. The second kappa shape index (κ2) is 3.98. The van der Waals surface area contributed by atoms with Gasteiger partial charge in [0.15, 0.2) is 5.69 Å². The molecule has 6 heteroatoms. The van der Waals surface area contributed by atoms with Gasteiger partial charge in [0.2, 0.25) is 0 Å². The number of aliphatic hydroxyl groups excluding tert-OH is 1. The predicted octanol–water partition coefficient (Wildman–Crippen LogP) is 2.87. The van der Waals surface area contributed by atoms with Crippen LogP contribution in [0.3, 0.4) is 0 Å². The van der Waals surface area contributed by atoms with Gasteiger partial charge < -0.3 is 5.11 Å². The molecule has 0 spiro atoms. The normalized spacial score (nSPS) is 28.9. The van der Waals surface area contributed by atoms with Crippen molar-refractivity contribution in [1.82, 2.24) is 9.78 Å². The monoisotopic (exact) mass is 260 g/mol. The topological polar surface area (TPSA) is 38.0 Å². The van der Waals surface area contributed by atoms with Crippen molar-refractivity contribution in [2.24, 2.45) is 0 Å². The summed E-state index contributed by atoms with van der Waals surface area (Å²) in [7, 11) is 0. The van der Waals surface area contributed by atoms with E-state index in [-0.39, 0.29) is 12.0 Å². The quantitative estimate of drug-likeness (QED) is 0.887. The summed E-state index contributed by atoms with van der Waals surface area (Å²) < 4.78 is 39.6. The molecule has 0 aliphatic heterocycles.